The first-order valence-corrected chi connectivity index (χ1v) is 8.67. The van der Waals surface area contributed by atoms with Crippen molar-refractivity contribution in [3.63, 3.8) is 0 Å². The summed E-state index contributed by atoms with van der Waals surface area (Å²) in [6, 6.07) is 26.9. The Kier molecular flexibility index (Phi) is 5.01. The first kappa shape index (κ1) is 15.7. The molecule has 0 fully saturated rings. The van der Waals surface area contributed by atoms with E-state index in [2.05, 4.69) is 48.5 Å². The summed E-state index contributed by atoms with van der Waals surface area (Å²) in [7, 11) is 1.51. The molecule has 0 radical (unpaired) electrons. The fraction of sp³-hybridized carbons (Fsp3) is 0.100. The maximum Gasteiger partial charge on any atom is 0.166 e. The van der Waals surface area contributed by atoms with E-state index in [1.54, 1.807) is 7.11 Å². The molecule has 0 aliphatic rings. The molecule has 0 bridgehead atoms. The summed E-state index contributed by atoms with van der Waals surface area (Å²) >= 11 is 0. The number of ether oxygens (including phenoxy) is 1. The average molecular weight is 323 g/mol. The lowest BCUT2D eigenvalue weighted by molar-refractivity contribution is 0.282. The molecule has 116 valence electrons. The third-order valence-electron chi connectivity index (χ3n) is 3.62. The van der Waals surface area contributed by atoms with E-state index in [1.165, 1.54) is 14.7 Å². The molecular formula is C20H19O2S+. The zero-order valence-corrected chi connectivity index (χ0v) is 13.8. The zero-order chi connectivity index (χ0) is 16.1. The third kappa shape index (κ3) is 3.58. The molecule has 3 heteroatoms. The number of methoxy groups -OCH3 is 1. The van der Waals surface area contributed by atoms with Crippen molar-refractivity contribution in [3.8, 4) is 5.75 Å². The molecule has 3 aromatic rings. The van der Waals surface area contributed by atoms with E-state index < -0.39 is 0 Å². The normalized spacial score (nSPS) is 11.9. The molecule has 0 saturated heterocycles. The second-order valence-electron chi connectivity index (χ2n) is 5.10. The second kappa shape index (κ2) is 7.36. The summed E-state index contributed by atoms with van der Waals surface area (Å²) in [5.41, 5.74) is 0.931. The van der Waals surface area contributed by atoms with Crippen molar-refractivity contribution in [1.29, 1.82) is 0 Å². The number of aliphatic hydroxyl groups excluding tert-OH is 1. The van der Waals surface area contributed by atoms with Crippen LogP contribution >= 0.6 is 0 Å². The van der Waals surface area contributed by atoms with Crippen molar-refractivity contribution in [2.45, 2.75) is 21.3 Å². The average Bonchev–Trinajstić information content (AvgIpc) is 2.64. The highest BCUT2D eigenvalue weighted by atomic mass is 32.2. The van der Waals surface area contributed by atoms with Gasteiger partial charge in [-0.1, -0.05) is 30.3 Å². The van der Waals surface area contributed by atoms with Gasteiger partial charge in [-0.15, -0.1) is 0 Å². The topological polar surface area (TPSA) is 29.5 Å². The summed E-state index contributed by atoms with van der Waals surface area (Å²) in [5, 5.41) is 9.25. The van der Waals surface area contributed by atoms with E-state index in [0.29, 0.717) is 0 Å². The van der Waals surface area contributed by atoms with Gasteiger partial charge in [0.25, 0.3) is 0 Å². The van der Waals surface area contributed by atoms with Gasteiger partial charge in [-0.3, -0.25) is 0 Å². The molecule has 0 amide bonds. The Balaban J connectivity index is 2.05. The van der Waals surface area contributed by atoms with Gasteiger partial charge in [0.1, 0.15) is 5.75 Å². The standard InChI is InChI=1S/C20H19O2S/c1-22-17-9-13-20(14-10-17)23(18-5-3-2-4-6-18)19-11-7-16(15-21)8-12-19/h2-14,21H,15H2,1H3/q+1. The molecule has 3 aromatic carbocycles. The Bertz CT molecular complexity index is 689. The van der Waals surface area contributed by atoms with Crippen LogP contribution in [0.2, 0.25) is 0 Å². The Morgan fingerprint density at radius 1 is 0.739 bits per heavy atom. The molecular weight excluding hydrogens is 304 g/mol. The minimum absolute atomic E-state index is 0.0714. The van der Waals surface area contributed by atoms with Crippen LogP contribution in [-0.4, -0.2) is 12.2 Å². The van der Waals surface area contributed by atoms with Crippen molar-refractivity contribution in [2.24, 2.45) is 0 Å². The second-order valence-corrected chi connectivity index (χ2v) is 7.12. The lowest BCUT2D eigenvalue weighted by Crippen LogP contribution is -2.05. The van der Waals surface area contributed by atoms with Crippen molar-refractivity contribution in [2.75, 3.05) is 7.11 Å². The summed E-state index contributed by atoms with van der Waals surface area (Å²) in [6.45, 7) is 0.0714. The van der Waals surface area contributed by atoms with Gasteiger partial charge < -0.3 is 9.84 Å². The van der Waals surface area contributed by atoms with Crippen LogP contribution in [0.3, 0.4) is 0 Å². The van der Waals surface area contributed by atoms with Crippen LogP contribution < -0.4 is 4.74 Å². The van der Waals surface area contributed by atoms with E-state index in [0.717, 1.165) is 11.3 Å². The van der Waals surface area contributed by atoms with Crippen molar-refractivity contribution >= 4 is 10.9 Å². The maximum absolute atomic E-state index is 9.25. The number of hydrogen-bond donors (Lipinski definition) is 1. The van der Waals surface area contributed by atoms with E-state index in [1.807, 2.05) is 30.3 Å². The van der Waals surface area contributed by atoms with Gasteiger partial charge in [0.05, 0.1) is 24.6 Å². The zero-order valence-electron chi connectivity index (χ0n) is 13.0. The first-order valence-electron chi connectivity index (χ1n) is 7.45. The molecule has 1 N–H and O–H groups in total. The van der Waals surface area contributed by atoms with Gasteiger partial charge in [-0.2, -0.15) is 0 Å². The molecule has 2 nitrogen and oxygen atoms in total. The molecule has 0 aliphatic carbocycles. The molecule has 0 aromatic heterocycles. The van der Waals surface area contributed by atoms with Gasteiger partial charge in [0.2, 0.25) is 0 Å². The Morgan fingerprint density at radius 3 is 1.78 bits per heavy atom. The predicted octanol–water partition coefficient (Wildman–Crippen LogP) is 4.28. The van der Waals surface area contributed by atoms with E-state index in [-0.39, 0.29) is 17.5 Å². The minimum Gasteiger partial charge on any atom is -0.497 e. The Morgan fingerprint density at radius 2 is 1.26 bits per heavy atom. The lowest BCUT2D eigenvalue weighted by atomic mass is 10.2. The summed E-state index contributed by atoms with van der Waals surface area (Å²) in [6.07, 6.45) is 0. The Labute approximate surface area is 139 Å². The van der Waals surface area contributed by atoms with E-state index >= 15 is 0 Å². The van der Waals surface area contributed by atoms with Crippen LogP contribution in [-0.2, 0) is 17.5 Å². The van der Waals surface area contributed by atoms with E-state index in [4.69, 9.17) is 4.74 Å². The van der Waals surface area contributed by atoms with Crippen LogP contribution in [0.25, 0.3) is 0 Å². The quantitative estimate of drug-likeness (QED) is 0.710. The molecule has 0 aliphatic heterocycles. The van der Waals surface area contributed by atoms with Gasteiger partial charge in [0, 0.05) is 0 Å². The smallest absolute Gasteiger partial charge is 0.166 e. The summed E-state index contributed by atoms with van der Waals surface area (Å²) in [4.78, 5) is 3.75. The third-order valence-corrected chi connectivity index (χ3v) is 5.85. The number of benzene rings is 3. The summed E-state index contributed by atoms with van der Waals surface area (Å²) in [5.74, 6) is 0.862. The van der Waals surface area contributed by atoms with Crippen LogP contribution in [0.1, 0.15) is 5.56 Å². The summed E-state index contributed by atoms with van der Waals surface area (Å²) < 4.78 is 5.27. The number of rotatable bonds is 5. The largest absolute Gasteiger partial charge is 0.497 e. The molecule has 1 atom stereocenters. The first-order chi connectivity index (χ1) is 11.3. The van der Waals surface area contributed by atoms with Gasteiger partial charge in [-0.05, 0) is 54.1 Å². The maximum atomic E-state index is 9.25. The Hall–Kier alpha value is -2.23. The molecule has 23 heavy (non-hydrogen) atoms. The van der Waals surface area contributed by atoms with Crippen LogP contribution in [0.4, 0.5) is 0 Å². The number of aliphatic hydroxyl groups is 1. The molecule has 3 rings (SSSR count). The SMILES string of the molecule is COc1ccc([S+](c2ccccc2)c2ccc(CO)cc2)cc1. The highest BCUT2D eigenvalue weighted by Gasteiger charge is 2.28. The van der Waals surface area contributed by atoms with Crippen molar-refractivity contribution < 1.29 is 9.84 Å². The van der Waals surface area contributed by atoms with Gasteiger partial charge in [0.15, 0.2) is 14.7 Å². The minimum atomic E-state index is -0.172. The highest BCUT2D eigenvalue weighted by Crippen LogP contribution is 2.32. The monoisotopic (exact) mass is 323 g/mol. The van der Waals surface area contributed by atoms with Crippen LogP contribution in [0.5, 0.6) is 5.75 Å². The number of hydrogen-bond acceptors (Lipinski definition) is 2. The lowest BCUT2D eigenvalue weighted by Gasteiger charge is -2.09. The van der Waals surface area contributed by atoms with Crippen LogP contribution in [0, 0.1) is 0 Å². The van der Waals surface area contributed by atoms with Crippen molar-refractivity contribution in [3.05, 3.63) is 84.4 Å². The molecule has 0 saturated carbocycles. The predicted molar refractivity (Wildman–Crippen MR) is 94.0 cm³/mol. The fourth-order valence-electron chi connectivity index (χ4n) is 2.41. The molecule has 0 spiro atoms. The van der Waals surface area contributed by atoms with Gasteiger partial charge >= 0.3 is 0 Å². The molecule has 1 unspecified atom stereocenters. The van der Waals surface area contributed by atoms with Gasteiger partial charge in [-0.25, -0.2) is 0 Å². The fourth-order valence-corrected chi connectivity index (χ4v) is 4.47. The van der Waals surface area contributed by atoms with E-state index in [9.17, 15) is 5.11 Å². The molecule has 0 heterocycles. The van der Waals surface area contributed by atoms with Crippen LogP contribution in [0.15, 0.2) is 93.5 Å². The highest BCUT2D eigenvalue weighted by molar-refractivity contribution is 7.97. The van der Waals surface area contributed by atoms with Crippen molar-refractivity contribution in [1.82, 2.24) is 0 Å².